The van der Waals surface area contributed by atoms with Gasteiger partial charge in [0, 0.05) is 31.0 Å². The van der Waals surface area contributed by atoms with E-state index in [0.29, 0.717) is 12.1 Å². The molecule has 0 aliphatic carbocycles. The Hall–Kier alpha value is -3.09. The van der Waals surface area contributed by atoms with Gasteiger partial charge in [-0.05, 0) is 12.8 Å². The van der Waals surface area contributed by atoms with Crippen LogP contribution in [0.15, 0.2) is 12.5 Å². The lowest BCUT2D eigenvalue weighted by Crippen LogP contribution is -2.59. The van der Waals surface area contributed by atoms with Crippen LogP contribution in [0.5, 0.6) is 0 Å². The minimum atomic E-state index is -1.01. The highest BCUT2D eigenvalue weighted by Crippen LogP contribution is 2.10. The lowest BCUT2D eigenvalue weighted by atomic mass is 9.97. The van der Waals surface area contributed by atoms with Gasteiger partial charge < -0.3 is 32.0 Å². The van der Waals surface area contributed by atoms with Gasteiger partial charge in [0.2, 0.25) is 29.5 Å². The number of aromatic nitrogens is 2. The maximum absolute atomic E-state index is 12.9. The van der Waals surface area contributed by atoms with Crippen LogP contribution >= 0.6 is 12.6 Å². The topological polar surface area (TPSA) is 188 Å². The molecule has 0 saturated carbocycles. The predicted octanol–water partition coefficient (Wildman–Crippen LogP) is -1.61. The molecule has 7 N–H and O–H groups in total. The molecule has 0 radical (unpaired) electrons. The molecule has 0 aromatic carbocycles. The first-order chi connectivity index (χ1) is 15.5. The highest BCUT2D eigenvalue weighted by atomic mass is 32.1. The summed E-state index contributed by atoms with van der Waals surface area (Å²) in [7, 11) is 0. The van der Waals surface area contributed by atoms with Crippen molar-refractivity contribution in [2.24, 2.45) is 11.7 Å². The Morgan fingerprint density at radius 3 is 2.18 bits per heavy atom. The van der Waals surface area contributed by atoms with Crippen LogP contribution in [0.25, 0.3) is 0 Å². The Morgan fingerprint density at radius 1 is 1.03 bits per heavy atom. The Morgan fingerprint density at radius 2 is 1.70 bits per heavy atom. The molecular weight excluding hydrogens is 450 g/mol. The molecule has 0 bridgehead atoms. The molecule has 13 heteroatoms. The molecule has 1 rings (SSSR count). The number of thiol groups is 1. The van der Waals surface area contributed by atoms with Crippen LogP contribution in [0.2, 0.25) is 0 Å². The van der Waals surface area contributed by atoms with Crippen molar-refractivity contribution in [2.45, 2.75) is 64.7 Å². The van der Waals surface area contributed by atoms with Crippen LogP contribution in [0.3, 0.4) is 0 Å². The second-order valence-electron chi connectivity index (χ2n) is 7.78. The molecule has 0 aliphatic heterocycles. The molecule has 0 saturated heterocycles. The van der Waals surface area contributed by atoms with Gasteiger partial charge in [0.15, 0.2) is 0 Å². The van der Waals surface area contributed by atoms with Crippen molar-refractivity contribution >= 4 is 42.2 Å². The summed E-state index contributed by atoms with van der Waals surface area (Å²) in [6.07, 6.45) is 3.63. The molecule has 5 atom stereocenters. The van der Waals surface area contributed by atoms with Gasteiger partial charge in [0.05, 0.1) is 6.33 Å². The summed E-state index contributed by atoms with van der Waals surface area (Å²) in [5, 5.41) is 10.1. The van der Waals surface area contributed by atoms with Crippen molar-refractivity contribution in [3.8, 4) is 0 Å². The number of nitrogens with zero attached hydrogens (tertiary/aromatic N) is 1. The third-order valence-electron chi connectivity index (χ3n) is 5.06. The first kappa shape index (κ1) is 27.9. The lowest BCUT2D eigenvalue weighted by molar-refractivity contribution is -0.134. The number of primary amides is 1. The molecule has 1 heterocycles. The second-order valence-corrected chi connectivity index (χ2v) is 8.15. The highest BCUT2D eigenvalue weighted by Gasteiger charge is 2.31. The summed E-state index contributed by atoms with van der Waals surface area (Å²) >= 11 is 4.03. The summed E-state index contributed by atoms with van der Waals surface area (Å²) < 4.78 is 0. The summed E-state index contributed by atoms with van der Waals surface area (Å²) in [5.74, 6) is -3.14. The highest BCUT2D eigenvalue weighted by molar-refractivity contribution is 7.80. The number of carbonyl (C=O) groups is 5. The monoisotopic (exact) mass is 483 g/mol. The van der Waals surface area contributed by atoms with Crippen molar-refractivity contribution in [1.82, 2.24) is 31.2 Å². The lowest BCUT2D eigenvalue weighted by Gasteiger charge is -2.27. The molecule has 0 aliphatic rings. The van der Waals surface area contributed by atoms with Crippen molar-refractivity contribution in [1.29, 1.82) is 0 Å². The number of hydrogen-bond acceptors (Lipinski definition) is 7. The van der Waals surface area contributed by atoms with Gasteiger partial charge in [0.1, 0.15) is 24.2 Å². The van der Waals surface area contributed by atoms with Crippen LogP contribution in [0, 0.1) is 5.92 Å². The molecule has 5 amide bonds. The Labute approximate surface area is 198 Å². The molecule has 1 aromatic rings. The number of imidazole rings is 1. The first-order valence-electron chi connectivity index (χ1n) is 10.6. The first-order valence-corrected chi connectivity index (χ1v) is 11.2. The predicted molar refractivity (Wildman–Crippen MR) is 124 cm³/mol. The Kier molecular flexibility index (Phi) is 11.4. The number of rotatable bonds is 13. The van der Waals surface area contributed by atoms with E-state index < -0.39 is 53.7 Å². The maximum atomic E-state index is 12.9. The maximum Gasteiger partial charge on any atom is 0.244 e. The van der Waals surface area contributed by atoms with Gasteiger partial charge in [0.25, 0.3) is 0 Å². The summed E-state index contributed by atoms with van der Waals surface area (Å²) in [6.45, 7) is 6.34. The molecule has 0 unspecified atom stereocenters. The minimum absolute atomic E-state index is 0.0441. The fourth-order valence-electron chi connectivity index (χ4n) is 2.90. The zero-order valence-corrected chi connectivity index (χ0v) is 20.1. The average molecular weight is 484 g/mol. The van der Waals surface area contributed by atoms with Crippen molar-refractivity contribution < 1.29 is 24.0 Å². The standard InChI is InChI=1S/C20H33N7O5S/c1-5-10(2)16(20(32)26-14(17(21)29)6-13-7-22-9-23-13)27-18(30)11(3)24-19(31)15(8-33)25-12(4)28/h7,9-11,14-16,33H,5-6,8H2,1-4H3,(H2,21,29)(H,22,23)(H,24,31)(H,25,28)(H,26,32)(H,27,30)/t10-,11-,14-,15-,16-/m0/s1. The van der Waals surface area contributed by atoms with Gasteiger partial charge in [-0.1, -0.05) is 20.3 Å². The smallest absolute Gasteiger partial charge is 0.244 e. The number of carbonyl (C=O) groups excluding carboxylic acids is 5. The molecule has 0 fully saturated rings. The van der Waals surface area contributed by atoms with Gasteiger partial charge in [-0.3, -0.25) is 24.0 Å². The van der Waals surface area contributed by atoms with Crippen molar-refractivity contribution in [3.05, 3.63) is 18.2 Å². The summed E-state index contributed by atoms with van der Waals surface area (Å²) in [6, 6.07) is -3.88. The van der Waals surface area contributed by atoms with E-state index in [1.165, 1.54) is 26.4 Å². The van der Waals surface area contributed by atoms with Crippen LogP contribution in [-0.4, -0.2) is 69.4 Å². The van der Waals surface area contributed by atoms with Gasteiger partial charge in [-0.15, -0.1) is 0 Å². The zero-order chi connectivity index (χ0) is 25.1. The summed E-state index contributed by atoms with van der Waals surface area (Å²) in [4.78, 5) is 67.7. The third kappa shape index (κ3) is 9.12. The van der Waals surface area contributed by atoms with Gasteiger partial charge in [-0.2, -0.15) is 12.6 Å². The van der Waals surface area contributed by atoms with E-state index in [9.17, 15) is 24.0 Å². The number of aromatic amines is 1. The van der Waals surface area contributed by atoms with Crippen LogP contribution < -0.4 is 27.0 Å². The molecule has 0 spiro atoms. The van der Waals surface area contributed by atoms with Crippen molar-refractivity contribution in [3.63, 3.8) is 0 Å². The number of H-pyrrole nitrogens is 1. The van der Waals surface area contributed by atoms with E-state index in [1.807, 2.05) is 6.92 Å². The number of amides is 5. The van der Waals surface area contributed by atoms with Crippen molar-refractivity contribution in [2.75, 3.05) is 5.75 Å². The van der Waals surface area contributed by atoms with E-state index in [2.05, 4.69) is 43.9 Å². The quantitative estimate of drug-likeness (QED) is 0.165. The summed E-state index contributed by atoms with van der Waals surface area (Å²) in [5.41, 5.74) is 6.04. The fourth-order valence-corrected chi connectivity index (χ4v) is 3.16. The van der Waals surface area contributed by atoms with E-state index in [0.717, 1.165) is 0 Å². The van der Waals surface area contributed by atoms with Crippen LogP contribution in [0.4, 0.5) is 0 Å². The Bertz CT molecular complexity index is 833. The number of hydrogen-bond donors (Lipinski definition) is 7. The van der Waals surface area contributed by atoms with Crippen LogP contribution in [0.1, 0.15) is 39.8 Å². The van der Waals surface area contributed by atoms with E-state index in [4.69, 9.17) is 5.73 Å². The normalized spacial score (nSPS) is 15.3. The van der Waals surface area contributed by atoms with E-state index >= 15 is 0 Å². The SMILES string of the molecule is CC[C@H](C)[C@H](NC(=O)[C@H](C)NC(=O)[C@H](CS)NC(C)=O)C(=O)N[C@@H](Cc1cnc[nH]1)C(N)=O. The van der Waals surface area contributed by atoms with Crippen LogP contribution in [-0.2, 0) is 30.4 Å². The van der Waals surface area contributed by atoms with Gasteiger partial charge in [-0.25, -0.2) is 4.98 Å². The fraction of sp³-hybridized carbons (Fsp3) is 0.600. The molecule has 1 aromatic heterocycles. The van der Waals surface area contributed by atoms with Gasteiger partial charge >= 0.3 is 0 Å². The Balaban J connectivity index is 2.85. The van der Waals surface area contributed by atoms with E-state index in [-0.39, 0.29) is 18.1 Å². The molecule has 184 valence electrons. The number of nitrogens with one attached hydrogen (secondary N) is 5. The van der Waals surface area contributed by atoms with E-state index in [1.54, 1.807) is 6.92 Å². The number of nitrogens with two attached hydrogens (primary N) is 1. The largest absolute Gasteiger partial charge is 0.368 e. The third-order valence-corrected chi connectivity index (χ3v) is 5.43. The zero-order valence-electron chi connectivity index (χ0n) is 19.2. The minimum Gasteiger partial charge on any atom is -0.368 e. The molecule has 12 nitrogen and oxygen atoms in total. The molecule has 33 heavy (non-hydrogen) atoms. The average Bonchev–Trinajstić information content (AvgIpc) is 3.27. The molecular formula is C20H33N7O5S. The second kappa shape index (κ2) is 13.5.